The van der Waals surface area contributed by atoms with Gasteiger partial charge in [0.25, 0.3) is 0 Å². The van der Waals surface area contributed by atoms with Crippen molar-refractivity contribution in [3.8, 4) is 0 Å². The van der Waals surface area contributed by atoms with Gasteiger partial charge in [-0.1, -0.05) is 76.0 Å². The van der Waals surface area contributed by atoms with Crippen molar-refractivity contribution in [3.63, 3.8) is 0 Å². The van der Waals surface area contributed by atoms with E-state index in [9.17, 15) is 13.5 Å². The number of hydrogen-bond donors (Lipinski definition) is 2. The first kappa shape index (κ1) is 21.1. The van der Waals surface area contributed by atoms with E-state index in [1.807, 2.05) is 6.92 Å². The average Bonchev–Trinajstić information content (AvgIpc) is 2.56. The van der Waals surface area contributed by atoms with Crippen LogP contribution < -0.4 is 4.72 Å². The number of rotatable bonds is 13. The molecule has 1 rings (SSSR count). The first-order chi connectivity index (χ1) is 11.5. The van der Waals surface area contributed by atoms with Crippen LogP contribution >= 0.6 is 0 Å². The normalized spacial score (nSPS) is 13.1. The molecule has 0 radical (unpaired) electrons. The zero-order valence-corrected chi connectivity index (χ0v) is 15.9. The molecule has 2 N–H and O–H groups in total. The number of aliphatic hydroxyl groups is 1. The van der Waals surface area contributed by atoms with Gasteiger partial charge >= 0.3 is 0 Å². The quantitative estimate of drug-likeness (QED) is 0.522. The molecular weight excluding hydrogens is 322 g/mol. The van der Waals surface area contributed by atoms with Crippen LogP contribution in [-0.4, -0.2) is 26.2 Å². The van der Waals surface area contributed by atoms with Gasteiger partial charge in [-0.2, -0.15) is 0 Å². The van der Waals surface area contributed by atoms with Gasteiger partial charge in [-0.25, -0.2) is 13.1 Å². The number of benzene rings is 1. The van der Waals surface area contributed by atoms with Crippen LogP contribution in [0.1, 0.15) is 70.3 Å². The Morgan fingerprint density at radius 1 is 0.958 bits per heavy atom. The van der Waals surface area contributed by atoms with E-state index < -0.39 is 16.1 Å². The summed E-state index contributed by atoms with van der Waals surface area (Å²) in [6.07, 6.45) is 9.74. The summed E-state index contributed by atoms with van der Waals surface area (Å²) < 4.78 is 26.7. The van der Waals surface area contributed by atoms with Gasteiger partial charge < -0.3 is 5.11 Å². The molecular formula is C19H33NO3S. The third kappa shape index (κ3) is 8.81. The standard InChI is InChI=1S/C19H33NO3S/c1-3-4-5-6-7-8-9-10-11-18(21)16-20-24(22,23)19-14-12-17(2)13-15-19/h12-15,18,20-21H,3-11,16H2,1-2H3/t18-/m1/s1. The predicted molar refractivity (Wildman–Crippen MR) is 99.6 cm³/mol. The minimum Gasteiger partial charge on any atom is -0.392 e. The maximum absolute atomic E-state index is 12.1. The van der Waals surface area contributed by atoms with Crippen molar-refractivity contribution in [2.45, 2.75) is 82.6 Å². The van der Waals surface area contributed by atoms with Crippen LogP contribution in [-0.2, 0) is 10.0 Å². The molecule has 24 heavy (non-hydrogen) atoms. The van der Waals surface area contributed by atoms with Crippen LogP contribution in [0.3, 0.4) is 0 Å². The smallest absolute Gasteiger partial charge is 0.240 e. The first-order valence-corrected chi connectivity index (χ1v) is 10.7. The van der Waals surface area contributed by atoms with E-state index in [1.165, 1.54) is 38.5 Å². The first-order valence-electron chi connectivity index (χ1n) is 9.20. The Labute approximate surface area is 147 Å². The number of aryl methyl sites for hydroxylation is 1. The lowest BCUT2D eigenvalue weighted by Crippen LogP contribution is -2.32. The van der Waals surface area contributed by atoms with E-state index in [-0.39, 0.29) is 11.4 Å². The van der Waals surface area contributed by atoms with E-state index in [0.717, 1.165) is 18.4 Å². The molecule has 5 heteroatoms. The Bertz CT molecular complexity index is 540. The summed E-state index contributed by atoms with van der Waals surface area (Å²) in [7, 11) is -3.53. The number of nitrogens with one attached hydrogen (secondary N) is 1. The Morgan fingerprint density at radius 3 is 2.08 bits per heavy atom. The van der Waals surface area contributed by atoms with E-state index in [0.29, 0.717) is 6.42 Å². The fraction of sp³-hybridized carbons (Fsp3) is 0.684. The highest BCUT2D eigenvalue weighted by molar-refractivity contribution is 7.89. The molecule has 0 amide bonds. The highest BCUT2D eigenvalue weighted by Crippen LogP contribution is 2.12. The summed E-state index contributed by atoms with van der Waals surface area (Å²) in [5, 5.41) is 9.95. The molecule has 0 spiro atoms. The number of sulfonamides is 1. The number of hydrogen-bond acceptors (Lipinski definition) is 3. The fourth-order valence-corrected chi connectivity index (χ4v) is 3.70. The van der Waals surface area contributed by atoms with Gasteiger partial charge in [-0.05, 0) is 25.5 Å². The molecule has 1 atom stereocenters. The van der Waals surface area contributed by atoms with Crippen LogP contribution in [0.15, 0.2) is 29.2 Å². The molecule has 0 saturated carbocycles. The van der Waals surface area contributed by atoms with Crippen molar-refractivity contribution in [2.24, 2.45) is 0 Å². The number of unbranched alkanes of at least 4 members (excludes halogenated alkanes) is 7. The summed E-state index contributed by atoms with van der Waals surface area (Å²) in [5.74, 6) is 0. The van der Waals surface area contributed by atoms with Gasteiger partial charge in [0.1, 0.15) is 0 Å². The lowest BCUT2D eigenvalue weighted by atomic mass is 10.1. The van der Waals surface area contributed by atoms with Gasteiger partial charge in [0.05, 0.1) is 11.0 Å². The Balaban J connectivity index is 2.17. The molecule has 0 fully saturated rings. The number of aliphatic hydroxyl groups excluding tert-OH is 1. The monoisotopic (exact) mass is 355 g/mol. The summed E-state index contributed by atoms with van der Waals surface area (Å²) in [6, 6.07) is 6.71. The predicted octanol–water partition coefficient (Wildman–Crippen LogP) is 4.17. The maximum Gasteiger partial charge on any atom is 0.240 e. The third-order valence-corrected chi connectivity index (χ3v) is 5.67. The molecule has 0 saturated heterocycles. The summed E-state index contributed by atoms with van der Waals surface area (Å²) >= 11 is 0. The zero-order valence-electron chi connectivity index (χ0n) is 15.1. The van der Waals surface area contributed by atoms with Gasteiger partial charge in [-0.3, -0.25) is 0 Å². The largest absolute Gasteiger partial charge is 0.392 e. The molecule has 1 aromatic rings. The van der Waals surface area contributed by atoms with E-state index >= 15 is 0 Å². The zero-order chi connectivity index (χ0) is 17.8. The van der Waals surface area contributed by atoms with Crippen LogP contribution in [0.25, 0.3) is 0 Å². The summed E-state index contributed by atoms with van der Waals surface area (Å²) in [6.45, 7) is 4.21. The second-order valence-corrected chi connectivity index (χ2v) is 8.35. The van der Waals surface area contributed by atoms with E-state index in [2.05, 4.69) is 11.6 Å². The van der Waals surface area contributed by atoms with Gasteiger partial charge in [-0.15, -0.1) is 0 Å². The van der Waals surface area contributed by atoms with Crippen LogP contribution in [0, 0.1) is 6.92 Å². The Morgan fingerprint density at radius 2 is 1.50 bits per heavy atom. The molecule has 138 valence electrons. The second kappa shape index (κ2) is 11.6. The molecule has 4 nitrogen and oxygen atoms in total. The molecule has 0 aliphatic carbocycles. The molecule has 0 aromatic heterocycles. The van der Waals surface area contributed by atoms with Crippen molar-refractivity contribution in [1.29, 1.82) is 0 Å². The highest BCUT2D eigenvalue weighted by Gasteiger charge is 2.15. The van der Waals surface area contributed by atoms with Crippen molar-refractivity contribution in [2.75, 3.05) is 6.54 Å². The van der Waals surface area contributed by atoms with E-state index in [4.69, 9.17) is 0 Å². The molecule has 0 aliphatic rings. The second-order valence-electron chi connectivity index (χ2n) is 6.58. The van der Waals surface area contributed by atoms with Gasteiger partial charge in [0, 0.05) is 6.54 Å². The Kier molecular flexibility index (Phi) is 10.2. The van der Waals surface area contributed by atoms with Crippen LogP contribution in [0.4, 0.5) is 0 Å². The molecule has 0 aliphatic heterocycles. The van der Waals surface area contributed by atoms with Crippen LogP contribution in [0.2, 0.25) is 0 Å². The van der Waals surface area contributed by atoms with Crippen molar-refractivity contribution in [3.05, 3.63) is 29.8 Å². The van der Waals surface area contributed by atoms with Crippen molar-refractivity contribution >= 4 is 10.0 Å². The lowest BCUT2D eigenvalue weighted by molar-refractivity contribution is 0.164. The fourth-order valence-electron chi connectivity index (χ4n) is 2.62. The molecule has 0 bridgehead atoms. The summed E-state index contributed by atoms with van der Waals surface area (Å²) in [4.78, 5) is 0.243. The van der Waals surface area contributed by atoms with Gasteiger partial charge in [0.15, 0.2) is 0 Å². The highest BCUT2D eigenvalue weighted by atomic mass is 32.2. The SMILES string of the molecule is CCCCCCCCCC[C@@H](O)CNS(=O)(=O)c1ccc(C)cc1. The summed E-state index contributed by atoms with van der Waals surface area (Å²) in [5.41, 5.74) is 1.02. The molecule has 1 aromatic carbocycles. The van der Waals surface area contributed by atoms with Gasteiger partial charge in [0.2, 0.25) is 10.0 Å². The minimum absolute atomic E-state index is 0.0761. The van der Waals surface area contributed by atoms with E-state index in [1.54, 1.807) is 24.3 Å². The Hall–Kier alpha value is -0.910. The molecule has 0 unspecified atom stereocenters. The van der Waals surface area contributed by atoms with Crippen molar-refractivity contribution in [1.82, 2.24) is 4.72 Å². The lowest BCUT2D eigenvalue weighted by Gasteiger charge is -2.12. The van der Waals surface area contributed by atoms with Crippen LogP contribution in [0.5, 0.6) is 0 Å². The minimum atomic E-state index is -3.53. The average molecular weight is 356 g/mol. The maximum atomic E-state index is 12.1. The molecule has 0 heterocycles. The third-order valence-electron chi connectivity index (χ3n) is 4.23. The van der Waals surface area contributed by atoms with Crippen molar-refractivity contribution < 1.29 is 13.5 Å². The topological polar surface area (TPSA) is 66.4 Å².